The summed E-state index contributed by atoms with van der Waals surface area (Å²) in [6.07, 6.45) is 5.17. The molecule has 86 valence electrons. The van der Waals surface area contributed by atoms with E-state index in [0.717, 1.165) is 6.54 Å². The Bertz CT molecular complexity index is 115. The summed E-state index contributed by atoms with van der Waals surface area (Å²) in [4.78, 5) is 0. The Hall–Kier alpha value is -0.0800. The molecule has 0 aliphatic carbocycles. The molecule has 0 aromatic rings. The molecular weight excluding hydrogens is 172 g/mol. The molecule has 0 aromatic heterocycles. The van der Waals surface area contributed by atoms with Gasteiger partial charge in [0, 0.05) is 12.1 Å². The highest BCUT2D eigenvalue weighted by molar-refractivity contribution is 4.61. The van der Waals surface area contributed by atoms with Crippen LogP contribution in [-0.4, -0.2) is 25.2 Å². The topological polar surface area (TPSA) is 24.1 Å². The van der Waals surface area contributed by atoms with E-state index in [-0.39, 0.29) is 0 Å². The SMILES string of the molecule is CCNC(C)CCCCNC(C)CC. The molecule has 14 heavy (non-hydrogen) atoms. The Balaban J connectivity index is 3.13. The van der Waals surface area contributed by atoms with Crippen LogP contribution in [-0.2, 0) is 0 Å². The minimum absolute atomic E-state index is 0.682. The normalized spacial score (nSPS) is 15.4. The molecule has 0 saturated carbocycles. The molecule has 0 fully saturated rings. The van der Waals surface area contributed by atoms with Crippen LogP contribution < -0.4 is 10.6 Å². The van der Waals surface area contributed by atoms with Crippen LogP contribution in [0.4, 0.5) is 0 Å². The molecule has 0 aliphatic rings. The third kappa shape index (κ3) is 8.52. The average molecular weight is 200 g/mol. The van der Waals surface area contributed by atoms with Crippen molar-refractivity contribution in [1.82, 2.24) is 10.6 Å². The third-order valence-electron chi connectivity index (χ3n) is 2.72. The molecule has 0 aliphatic heterocycles. The minimum Gasteiger partial charge on any atom is -0.315 e. The van der Waals surface area contributed by atoms with Gasteiger partial charge in [-0.1, -0.05) is 20.3 Å². The average Bonchev–Trinajstić information content (AvgIpc) is 2.17. The Morgan fingerprint density at radius 1 is 0.929 bits per heavy atom. The monoisotopic (exact) mass is 200 g/mol. The largest absolute Gasteiger partial charge is 0.315 e. The minimum atomic E-state index is 0.682. The maximum atomic E-state index is 3.52. The van der Waals surface area contributed by atoms with Crippen LogP contribution >= 0.6 is 0 Å². The van der Waals surface area contributed by atoms with E-state index >= 15 is 0 Å². The lowest BCUT2D eigenvalue weighted by molar-refractivity contribution is 0.473. The van der Waals surface area contributed by atoms with E-state index in [1.165, 1.54) is 32.2 Å². The highest BCUT2D eigenvalue weighted by Gasteiger charge is 1.99. The first-order valence-electron chi connectivity index (χ1n) is 6.17. The standard InChI is InChI=1S/C12H28N2/c1-5-11(3)14-10-8-7-9-12(4)13-6-2/h11-14H,5-10H2,1-4H3. The van der Waals surface area contributed by atoms with E-state index in [0.29, 0.717) is 12.1 Å². The number of nitrogens with one attached hydrogen (secondary N) is 2. The van der Waals surface area contributed by atoms with Crippen LogP contribution in [0.3, 0.4) is 0 Å². The fourth-order valence-corrected chi connectivity index (χ4v) is 1.52. The first-order chi connectivity index (χ1) is 6.70. The molecule has 0 aromatic carbocycles. The van der Waals surface area contributed by atoms with Crippen LogP contribution in [0.25, 0.3) is 0 Å². The van der Waals surface area contributed by atoms with Gasteiger partial charge < -0.3 is 10.6 Å². The lowest BCUT2D eigenvalue weighted by Gasteiger charge is -2.13. The smallest absolute Gasteiger partial charge is 0.00386 e. The van der Waals surface area contributed by atoms with E-state index in [4.69, 9.17) is 0 Å². The molecule has 0 amide bonds. The van der Waals surface area contributed by atoms with Crippen LogP contribution in [0, 0.1) is 0 Å². The van der Waals surface area contributed by atoms with Crippen molar-refractivity contribution in [2.45, 2.75) is 65.5 Å². The van der Waals surface area contributed by atoms with Gasteiger partial charge in [-0.2, -0.15) is 0 Å². The molecule has 0 heterocycles. The van der Waals surface area contributed by atoms with Crippen LogP contribution in [0.2, 0.25) is 0 Å². The van der Waals surface area contributed by atoms with Crippen LogP contribution in [0.5, 0.6) is 0 Å². The maximum Gasteiger partial charge on any atom is 0.00386 e. The zero-order valence-corrected chi connectivity index (χ0v) is 10.4. The van der Waals surface area contributed by atoms with Crippen molar-refractivity contribution >= 4 is 0 Å². The van der Waals surface area contributed by atoms with Crippen molar-refractivity contribution < 1.29 is 0 Å². The van der Waals surface area contributed by atoms with Crippen LogP contribution in [0.1, 0.15) is 53.4 Å². The Labute approximate surface area is 89.9 Å². The van der Waals surface area contributed by atoms with Gasteiger partial charge in [0.2, 0.25) is 0 Å². The fourth-order valence-electron chi connectivity index (χ4n) is 1.52. The van der Waals surface area contributed by atoms with Gasteiger partial charge in [-0.05, 0) is 46.2 Å². The number of hydrogen-bond donors (Lipinski definition) is 2. The van der Waals surface area contributed by atoms with Crippen LogP contribution in [0.15, 0.2) is 0 Å². The van der Waals surface area contributed by atoms with Gasteiger partial charge in [0.1, 0.15) is 0 Å². The Morgan fingerprint density at radius 3 is 2.21 bits per heavy atom. The molecule has 2 atom stereocenters. The molecule has 0 saturated heterocycles. The number of unbranched alkanes of at least 4 members (excludes halogenated alkanes) is 1. The second-order valence-corrected chi connectivity index (χ2v) is 4.22. The zero-order valence-electron chi connectivity index (χ0n) is 10.4. The summed E-state index contributed by atoms with van der Waals surface area (Å²) in [6, 6.07) is 1.37. The summed E-state index contributed by atoms with van der Waals surface area (Å²) in [5, 5.41) is 6.95. The van der Waals surface area contributed by atoms with E-state index < -0.39 is 0 Å². The fraction of sp³-hybridized carbons (Fsp3) is 1.00. The number of hydrogen-bond acceptors (Lipinski definition) is 2. The van der Waals surface area contributed by atoms with Crippen molar-refractivity contribution in [2.24, 2.45) is 0 Å². The van der Waals surface area contributed by atoms with E-state index in [1.807, 2.05) is 0 Å². The van der Waals surface area contributed by atoms with Crippen molar-refractivity contribution in [2.75, 3.05) is 13.1 Å². The highest BCUT2D eigenvalue weighted by atomic mass is 14.9. The molecule has 2 nitrogen and oxygen atoms in total. The second kappa shape index (κ2) is 9.47. The Kier molecular flexibility index (Phi) is 9.42. The van der Waals surface area contributed by atoms with Crippen molar-refractivity contribution in [3.8, 4) is 0 Å². The van der Waals surface area contributed by atoms with Gasteiger partial charge in [0.25, 0.3) is 0 Å². The predicted molar refractivity (Wildman–Crippen MR) is 64.7 cm³/mol. The first-order valence-corrected chi connectivity index (χ1v) is 6.17. The summed E-state index contributed by atoms with van der Waals surface area (Å²) < 4.78 is 0. The second-order valence-electron chi connectivity index (χ2n) is 4.22. The molecule has 0 rings (SSSR count). The molecule has 0 bridgehead atoms. The predicted octanol–water partition coefficient (Wildman–Crippen LogP) is 2.54. The molecule has 2 N–H and O–H groups in total. The van der Waals surface area contributed by atoms with E-state index in [2.05, 4.69) is 38.3 Å². The Morgan fingerprint density at radius 2 is 1.64 bits per heavy atom. The van der Waals surface area contributed by atoms with E-state index in [1.54, 1.807) is 0 Å². The summed E-state index contributed by atoms with van der Waals surface area (Å²) in [6.45, 7) is 11.2. The highest BCUT2D eigenvalue weighted by Crippen LogP contribution is 2.00. The van der Waals surface area contributed by atoms with Gasteiger partial charge in [-0.15, -0.1) is 0 Å². The lowest BCUT2D eigenvalue weighted by atomic mass is 10.1. The van der Waals surface area contributed by atoms with Crippen molar-refractivity contribution in [3.05, 3.63) is 0 Å². The first kappa shape index (κ1) is 13.9. The molecule has 2 heteroatoms. The third-order valence-corrected chi connectivity index (χ3v) is 2.72. The molecule has 0 radical (unpaired) electrons. The quantitative estimate of drug-likeness (QED) is 0.559. The van der Waals surface area contributed by atoms with Gasteiger partial charge in [-0.3, -0.25) is 0 Å². The van der Waals surface area contributed by atoms with Crippen molar-refractivity contribution in [1.29, 1.82) is 0 Å². The molecular formula is C12H28N2. The van der Waals surface area contributed by atoms with Gasteiger partial charge >= 0.3 is 0 Å². The summed E-state index contributed by atoms with van der Waals surface area (Å²) >= 11 is 0. The molecule has 0 spiro atoms. The molecule has 2 unspecified atom stereocenters. The van der Waals surface area contributed by atoms with Gasteiger partial charge in [0.05, 0.1) is 0 Å². The zero-order chi connectivity index (χ0) is 10.8. The maximum absolute atomic E-state index is 3.52. The van der Waals surface area contributed by atoms with Gasteiger partial charge in [0.15, 0.2) is 0 Å². The van der Waals surface area contributed by atoms with Crippen molar-refractivity contribution in [3.63, 3.8) is 0 Å². The lowest BCUT2D eigenvalue weighted by Crippen LogP contribution is -2.27. The van der Waals surface area contributed by atoms with E-state index in [9.17, 15) is 0 Å². The summed E-state index contributed by atoms with van der Waals surface area (Å²) in [7, 11) is 0. The number of rotatable bonds is 9. The van der Waals surface area contributed by atoms with Gasteiger partial charge in [-0.25, -0.2) is 0 Å². The summed E-state index contributed by atoms with van der Waals surface area (Å²) in [5.74, 6) is 0. The summed E-state index contributed by atoms with van der Waals surface area (Å²) in [5.41, 5.74) is 0.